The maximum absolute atomic E-state index is 5.08. The van der Waals surface area contributed by atoms with Crippen molar-refractivity contribution in [3.63, 3.8) is 0 Å². The smallest absolute Gasteiger partial charge is 0.164 e. The predicted octanol–water partition coefficient (Wildman–Crippen LogP) is 24.4. The number of nitrogens with zero attached hydrogens (tertiary/aromatic N) is 10. The molecule has 0 saturated carbocycles. The van der Waals surface area contributed by atoms with Crippen molar-refractivity contribution < 1.29 is 0 Å². The van der Waals surface area contributed by atoms with Gasteiger partial charge in [0, 0.05) is 53.6 Å². The lowest BCUT2D eigenvalue weighted by Crippen LogP contribution is -2.00. The fraction of sp³-hybridized carbons (Fsp3) is 0. The standard InChI is InChI=1S/2C47H29N5S/c1-3-11-30(12-4-1)31-21-23-33(24-22-31)45-50-44(32-13-5-2-6-14-32)51-46(52-45)38-18-10-17-36(28-38)34-15-9-16-35(27-34)37-25-26-39-42(29-37)53-47-43(39)48-40-19-7-8-20-41(40)49-47;1-3-11-30(12-4-1)31-21-23-33(24-22-31)45-50-44(32-13-5-2-6-14-32)51-46(52-45)38-18-10-17-36(28-38)34-15-9-16-35(27-34)37-25-26-40-41(29-37)48-43-39-19-7-8-20-42(39)53-47(43)49-40/h2*1-29H. The number of hydrogen-bond acceptors (Lipinski definition) is 12. The van der Waals surface area contributed by atoms with Gasteiger partial charge in [0.25, 0.3) is 0 Å². The summed E-state index contributed by atoms with van der Waals surface area (Å²) in [4.78, 5) is 51.8. The van der Waals surface area contributed by atoms with Crippen LogP contribution in [0.4, 0.5) is 0 Å². The second-order valence-electron chi connectivity index (χ2n) is 25.9. The fourth-order valence-electron chi connectivity index (χ4n) is 13.7. The minimum absolute atomic E-state index is 0.624. The molecule has 0 bridgehead atoms. The van der Waals surface area contributed by atoms with Crippen molar-refractivity contribution in [1.82, 2.24) is 49.8 Å². The molecule has 0 radical (unpaired) electrons. The zero-order valence-electron chi connectivity index (χ0n) is 56.8. The third-order valence-corrected chi connectivity index (χ3v) is 21.2. The van der Waals surface area contributed by atoms with Crippen molar-refractivity contribution in [3.8, 4) is 135 Å². The molecule has 0 aliphatic carbocycles. The molecule has 10 nitrogen and oxygen atoms in total. The molecular formula is C94H58N10S2. The van der Waals surface area contributed by atoms with Crippen LogP contribution in [0.25, 0.3) is 198 Å². The Balaban J connectivity index is 0.000000145. The van der Waals surface area contributed by atoms with Gasteiger partial charge in [0.15, 0.2) is 34.9 Å². The highest BCUT2D eigenvalue weighted by Crippen LogP contribution is 2.40. The molecule has 6 heterocycles. The summed E-state index contributed by atoms with van der Waals surface area (Å²) in [5.74, 6) is 3.80. The van der Waals surface area contributed by atoms with Crippen molar-refractivity contribution in [2.75, 3.05) is 0 Å². The Kier molecular flexibility index (Phi) is 16.4. The van der Waals surface area contributed by atoms with E-state index in [4.69, 9.17) is 49.8 Å². The van der Waals surface area contributed by atoms with Crippen LogP contribution in [0.1, 0.15) is 0 Å². The Morgan fingerprint density at radius 2 is 0.425 bits per heavy atom. The highest BCUT2D eigenvalue weighted by atomic mass is 32.1. The number of hydrogen-bond donors (Lipinski definition) is 0. The largest absolute Gasteiger partial charge is 0.243 e. The summed E-state index contributed by atoms with van der Waals surface area (Å²) in [5, 5.41) is 2.28. The number of thiophene rings is 2. The van der Waals surface area contributed by atoms with Gasteiger partial charge < -0.3 is 0 Å². The lowest BCUT2D eigenvalue weighted by atomic mass is 9.97. The van der Waals surface area contributed by atoms with Crippen LogP contribution in [0.5, 0.6) is 0 Å². The molecule has 0 N–H and O–H groups in total. The van der Waals surface area contributed by atoms with E-state index in [0.717, 1.165) is 143 Å². The molecule has 0 spiro atoms. The minimum Gasteiger partial charge on any atom is -0.243 e. The van der Waals surface area contributed by atoms with E-state index in [9.17, 15) is 0 Å². The zero-order chi connectivity index (χ0) is 70.3. The summed E-state index contributed by atoms with van der Waals surface area (Å²) in [6.45, 7) is 0. The van der Waals surface area contributed by atoms with Crippen LogP contribution >= 0.6 is 22.7 Å². The Morgan fingerprint density at radius 1 is 0.151 bits per heavy atom. The van der Waals surface area contributed by atoms with Crippen molar-refractivity contribution in [3.05, 3.63) is 352 Å². The molecular weight excluding hydrogens is 1330 g/mol. The Morgan fingerprint density at radius 3 is 0.887 bits per heavy atom. The SMILES string of the molecule is c1ccc(-c2ccc(-c3nc(-c4ccccc4)nc(-c4cccc(-c5cccc(-c6ccc7c(c6)sc6nc8ccccc8nc67)c5)c4)n3)cc2)cc1.c1ccc(-c2ccc(-c3nc(-c4ccccc4)nc(-c4cccc(-c5cccc(-c6ccc7nc8sc9ccccc9c8nc7c6)c5)c4)n3)cc2)cc1. The van der Waals surface area contributed by atoms with Gasteiger partial charge in [-0.15, -0.1) is 22.7 Å². The van der Waals surface area contributed by atoms with E-state index in [1.807, 2.05) is 97.1 Å². The van der Waals surface area contributed by atoms with Crippen molar-refractivity contribution >= 4 is 85.6 Å². The van der Waals surface area contributed by atoms with Gasteiger partial charge in [0.2, 0.25) is 0 Å². The maximum atomic E-state index is 5.08. The predicted molar refractivity (Wildman–Crippen MR) is 437 cm³/mol. The lowest BCUT2D eigenvalue weighted by molar-refractivity contribution is 1.07. The van der Waals surface area contributed by atoms with Crippen LogP contribution in [-0.2, 0) is 0 Å². The van der Waals surface area contributed by atoms with Crippen molar-refractivity contribution in [2.24, 2.45) is 0 Å². The molecule has 0 amide bonds. The molecule has 20 rings (SSSR count). The van der Waals surface area contributed by atoms with Gasteiger partial charge in [-0.3, -0.25) is 0 Å². The van der Waals surface area contributed by atoms with Crippen LogP contribution in [-0.4, -0.2) is 49.8 Å². The summed E-state index contributed by atoms with van der Waals surface area (Å²) in [6.07, 6.45) is 0. The van der Waals surface area contributed by atoms with Gasteiger partial charge in [-0.1, -0.05) is 291 Å². The summed E-state index contributed by atoms with van der Waals surface area (Å²) >= 11 is 3.38. The second kappa shape index (κ2) is 27.5. The van der Waals surface area contributed by atoms with E-state index in [-0.39, 0.29) is 0 Å². The van der Waals surface area contributed by atoms with Crippen LogP contribution in [0.2, 0.25) is 0 Å². The molecule has 0 fully saturated rings. The summed E-state index contributed by atoms with van der Waals surface area (Å²) in [6, 6.07) is 121. The molecule has 14 aromatic carbocycles. The van der Waals surface area contributed by atoms with Crippen molar-refractivity contribution in [2.45, 2.75) is 0 Å². The molecule has 12 heteroatoms. The van der Waals surface area contributed by atoms with Gasteiger partial charge in [-0.25, -0.2) is 49.8 Å². The molecule has 6 aromatic heterocycles. The zero-order valence-corrected chi connectivity index (χ0v) is 58.4. The van der Waals surface area contributed by atoms with E-state index in [1.165, 1.54) is 20.5 Å². The number of fused-ring (bicyclic) bond motifs is 8. The average Bonchev–Trinajstić information content (AvgIpc) is 1.61. The molecule has 0 saturated heterocycles. The maximum Gasteiger partial charge on any atom is 0.164 e. The van der Waals surface area contributed by atoms with Crippen LogP contribution in [0.3, 0.4) is 0 Å². The Labute approximate surface area is 618 Å². The van der Waals surface area contributed by atoms with Crippen LogP contribution < -0.4 is 0 Å². The molecule has 496 valence electrons. The van der Waals surface area contributed by atoms with Crippen molar-refractivity contribution in [1.29, 1.82) is 0 Å². The lowest BCUT2D eigenvalue weighted by Gasteiger charge is -2.11. The first-order chi connectivity index (χ1) is 52.4. The topological polar surface area (TPSA) is 129 Å². The van der Waals surface area contributed by atoms with Gasteiger partial charge >= 0.3 is 0 Å². The molecule has 106 heavy (non-hydrogen) atoms. The van der Waals surface area contributed by atoms with Gasteiger partial charge in [0.05, 0.1) is 22.1 Å². The minimum atomic E-state index is 0.624. The van der Waals surface area contributed by atoms with Crippen LogP contribution in [0, 0.1) is 0 Å². The van der Waals surface area contributed by atoms with E-state index in [1.54, 1.807) is 22.7 Å². The quantitative estimate of drug-likeness (QED) is 0.117. The van der Waals surface area contributed by atoms with Gasteiger partial charge in [-0.05, 0) is 127 Å². The molecule has 20 aromatic rings. The summed E-state index contributed by atoms with van der Waals surface area (Å²) < 4.78 is 2.38. The Bertz CT molecular complexity index is 6690. The monoisotopic (exact) mass is 1390 g/mol. The molecule has 0 aliphatic rings. The van der Waals surface area contributed by atoms with E-state index in [0.29, 0.717) is 34.9 Å². The number of aromatic nitrogens is 10. The number of para-hydroxylation sites is 2. The highest BCUT2D eigenvalue weighted by Gasteiger charge is 2.19. The van der Waals surface area contributed by atoms with Gasteiger partial charge in [-0.2, -0.15) is 0 Å². The summed E-state index contributed by atoms with van der Waals surface area (Å²) in [7, 11) is 0. The van der Waals surface area contributed by atoms with Gasteiger partial charge in [0.1, 0.15) is 20.7 Å². The first kappa shape index (κ1) is 63.2. The molecule has 0 unspecified atom stereocenters. The first-order valence-electron chi connectivity index (χ1n) is 35.0. The van der Waals surface area contributed by atoms with E-state index >= 15 is 0 Å². The second-order valence-corrected chi connectivity index (χ2v) is 28.0. The van der Waals surface area contributed by atoms with E-state index in [2.05, 4.69) is 255 Å². The molecule has 0 atom stereocenters. The first-order valence-corrected chi connectivity index (χ1v) is 36.6. The van der Waals surface area contributed by atoms with E-state index < -0.39 is 0 Å². The number of rotatable bonds is 12. The fourth-order valence-corrected chi connectivity index (χ4v) is 15.7. The normalized spacial score (nSPS) is 11.4. The highest BCUT2D eigenvalue weighted by molar-refractivity contribution is 7.25. The third-order valence-electron chi connectivity index (χ3n) is 19.1. The van der Waals surface area contributed by atoms with Crippen LogP contribution in [0.15, 0.2) is 352 Å². The summed E-state index contributed by atoms with van der Waals surface area (Å²) in [5.41, 5.74) is 24.7. The molecule has 0 aliphatic heterocycles. The Hall–Kier alpha value is -13.8. The average molecular weight is 1390 g/mol. The third kappa shape index (κ3) is 12.7. The number of benzene rings is 14.